The molecule has 0 saturated heterocycles. The van der Waals surface area contributed by atoms with Gasteiger partial charge in [0.25, 0.3) is 0 Å². The fraction of sp³-hybridized carbons (Fsp3) is 0.500. The van der Waals surface area contributed by atoms with E-state index in [1.54, 1.807) is 6.92 Å². The highest BCUT2D eigenvalue weighted by Crippen LogP contribution is 2.50. The molecular formula is C12H15ClO3S. The molecule has 0 fully saturated rings. The molecule has 2 aliphatic rings. The van der Waals surface area contributed by atoms with Crippen molar-refractivity contribution in [2.45, 2.75) is 24.0 Å². The number of cyclic esters (lactones) is 1. The van der Waals surface area contributed by atoms with Crippen molar-refractivity contribution in [1.29, 1.82) is 0 Å². The summed E-state index contributed by atoms with van der Waals surface area (Å²) in [6, 6.07) is 0. The lowest BCUT2D eigenvalue weighted by molar-refractivity contribution is -0.142. The highest BCUT2D eigenvalue weighted by atomic mass is 35.5. The van der Waals surface area contributed by atoms with Crippen LogP contribution in [0.1, 0.15) is 19.8 Å². The summed E-state index contributed by atoms with van der Waals surface area (Å²) in [4.78, 5) is 11.2. The van der Waals surface area contributed by atoms with Gasteiger partial charge in [0.2, 0.25) is 0 Å². The maximum absolute atomic E-state index is 11.2. The Morgan fingerprint density at radius 2 is 2.47 bits per heavy atom. The Bertz CT molecular complexity index is 441. The lowest BCUT2D eigenvalue weighted by Gasteiger charge is -2.30. The van der Waals surface area contributed by atoms with Crippen molar-refractivity contribution in [3.8, 4) is 0 Å². The molecule has 0 aromatic carbocycles. The maximum Gasteiger partial charge on any atom is 0.337 e. The van der Waals surface area contributed by atoms with Gasteiger partial charge in [-0.15, -0.1) is 22.1 Å². The zero-order chi connectivity index (χ0) is 12.6. The van der Waals surface area contributed by atoms with Gasteiger partial charge in [0.05, 0.1) is 15.7 Å². The van der Waals surface area contributed by atoms with Crippen LogP contribution in [0.3, 0.4) is 0 Å². The van der Waals surface area contributed by atoms with E-state index in [1.807, 2.05) is 11.5 Å². The van der Waals surface area contributed by atoms with E-state index in [1.165, 1.54) is 0 Å². The van der Waals surface area contributed by atoms with Crippen molar-refractivity contribution in [3.63, 3.8) is 0 Å². The number of carbonyl (C=O) groups is 1. The van der Waals surface area contributed by atoms with Crippen molar-refractivity contribution in [1.82, 2.24) is 0 Å². The normalized spacial score (nSPS) is 37.4. The number of ether oxygens (including phenoxy) is 1. The summed E-state index contributed by atoms with van der Waals surface area (Å²) in [5.41, 5.74) is 0.288. The van der Waals surface area contributed by atoms with Crippen LogP contribution in [0.5, 0.6) is 0 Å². The molecule has 0 amide bonds. The molecule has 17 heavy (non-hydrogen) atoms. The summed E-state index contributed by atoms with van der Waals surface area (Å²) >= 11 is 6.52. The molecule has 0 aromatic rings. The van der Waals surface area contributed by atoms with E-state index in [2.05, 4.69) is 5.87 Å². The van der Waals surface area contributed by atoms with Gasteiger partial charge in [-0.25, -0.2) is 4.79 Å². The largest absolute Gasteiger partial charge is 0.511 e. The second-order valence-corrected chi connectivity index (χ2v) is 7.26. The van der Waals surface area contributed by atoms with Crippen LogP contribution in [-0.4, -0.2) is 27.8 Å². The van der Waals surface area contributed by atoms with E-state index in [9.17, 15) is 9.90 Å². The number of hydrogen-bond donors (Lipinski definition) is 1. The van der Waals surface area contributed by atoms with E-state index >= 15 is 0 Å². The molecule has 2 aliphatic heterocycles. The molecule has 0 saturated carbocycles. The number of alkyl halides is 1. The Morgan fingerprint density at radius 3 is 3.06 bits per heavy atom. The third kappa shape index (κ3) is 2.29. The van der Waals surface area contributed by atoms with E-state index in [0.717, 1.165) is 6.42 Å². The molecule has 0 aliphatic carbocycles. The van der Waals surface area contributed by atoms with Crippen LogP contribution in [0, 0.1) is 5.92 Å². The van der Waals surface area contributed by atoms with Crippen LogP contribution in [0.4, 0.5) is 0 Å². The van der Waals surface area contributed by atoms with E-state index in [0.29, 0.717) is 6.42 Å². The van der Waals surface area contributed by atoms with Gasteiger partial charge in [-0.05, 0) is 25.2 Å². The van der Waals surface area contributed by atoms with Crippen molar-refractivity contribution in [2.24, 2.45) is 5.92 Å². The molecule has 3 unspecified atom stereocenters. The predicted octanol–water partition coefficient (Wildman–Crippen LogP) is 2.93. The number of esters is 1. The molecular weight excluding hydrogens is 260 g/mol. The Hall–Kier alpha value is -0.740. The monoisotopic (exact) mass is 274 g/mol. The average Bonchev–Trinajstić information content (AvgIpc) is 2.61. The molecule has 1 N–H and O–H groups in total. The summed E-state index contributed by atoms with van der Waals surface area (Å²) in [5.74, 6) is 3.48. The Morgan fingerprint density at radius 1 is 1.76 bits per heavy atom. The molecule has 0 aromatic heterocycles. The predicted molar refractivity (Wildman–Crippen MR) is 71.4 cm³/mol. The molecule has 2 rings (SSSR count). The molecule has 2 heterocycles. The van der Waals surface area contributed by atoms with Gasteiger partial charge in [-0.1, -0.05) is 11.9 Å². The van der Waals surface area contributed by atoms with Crippen molar-refractivity contribution in [2.75, 3.05) is 6.61 Å². The quantitative estimate of drug-likeness (QED) is 0.478. The summed E-state index contributed by atoms with van der Waals surface area (Å²) in [6.07, 6.45) is 3.34. The zero-order valence-electron chi connectivity index (χ0n) is 9.61. The summed E-state index contributed by atoms with van der Waals surface area (Å²) in [7, 11) is -0.252. The Kier molecular flexibility index (Phi) is 3.36. The van der Waals surface area contributed by atoms with Crippen molar-refractivity contribution in [3.05, 3.63) is 22.8 Å². The zero-order valence-corrected chi connectivity index (χ0v) is 11.2. The van der Waals surface area contributed by atoms with E-state index in [4.69, 9.17) is 16.3 Å². The van der Waals surface area contributed by atoms with Crippen LogP contribution in [0.2, 0.25) is 0 Å². The molecule has 3 atom stereocenters. The number of aliphatic hydroxyl groups excluding tert-OH is 1. The lowest BCUT2D eigenvalue weighted by atomic mass is 9.95. The van der Waals surface area contributed by atoms with Crippen molar-refractivity contribution >= 4 is 33.9 Å². The molecule has 3 nitrogen and oxygen atoms in total. The molecule has 0 spiro atoms. The fourth-order valence-corrected chi connectivity index (χ4v) is 3.79. The SMILES string of the molecule is C=S1C=CCC1(Cl)CC1COC(=O)C(C)=C1O. The smallest absolute Gasteiger partial charge is 0.337 e. The van der Waals surface area contributed by atoms with Gasteiger partial charge < -0.3 is 9.84 Å². The van der Waals surface area contributed by atoms with Gasteiger partial charge in [0.1, 0.15) is 12.4 Å². The third-order valence-electron chi connectivity index (χ3n) is 3.20. The van der Waals surface area contributed by atoms with Gasteiger partial charge >= 0.3 is 5.97 Å². The van der Waals surface area contributed by atoms with E-state index in [-0.39, 0.29) is 34.3 Å². The van der Waals surface area contributed by atoms with Gasteiger partial charge in [-0.2, -0.15) is 0 Å². The Balaban J connectivity index is 2.16. The average molecular weight is 275 g/mol. The molecule has 94 valence electrons. The van der Waals surface area contributed by atoms with Crippen LogP contribution in [0.25, 0.3) is 0 Å². The number of carbonyl (C=O) groups excluding carboxylic acids is 1. The number of allylic oxidation sites excluding steroid dienone is 1. The summed E-state index contributed by atoms with van der Waals surface area (Å²) in [5, 5.41) is 12.0. The third-order valence-corrected chi connectivity index (χ3v) is 5.89. The lowest BCUT2D eigenvalue weighted by Crippen LogP contribution is -2.30. The number of halogens is 1. The second-order valence-electron chi connectivity index (χ2n) is 4.40. The number of rotatable bonds is 2. The van der Waals surface area contributed by atoms with Crippen LogP contribution in [0.15, 0.2) is 22.8 Å². The number of aliphatic hydroxyl groups is 1. The summed E-state index contributed by atoms with van der Waals surface area (Å²) in [6.45, 7) is 1.77. The fourth-order valence-electron chi connectivity index (χ4n) is 2.06. The van der Waals surface area contributed by atoms with E-state index < -0.39 is 10.2 Å². The Labute approximate surface area is 108 Å². The molecule has 0 bridgehead atoms. The second kappa shape index (κ2) is 4.50. The van der Waals surface area contributed by atoms with Crippen molar-refractivity contribution < 1.29 is 14.6 Å². The van der Waals surface area contributed by atoms with Gasteiger partial charge in [-0.3, -0.25) is 0 Å². The first-order chi connectivity index (χ1) is 7.94. The van der Waals surface area contributed by atoms with Gasteiger partial charge in [0, 0.05) is 0 Å². The minimum Gasteiger partial charge on any atom is -0.511 e. The molecule has 0 radical (unpaired) electrons. The minimum absolute atomic E-state index is 0.116. The van der Waals surface area contributed by atoms with Crippen LogP contribution >= 0.6 is 22.1 Å². The topological polar surface area (TPSA) is 46.5 Å². The van der Waals surface area contributed by atoms with Gasteiger partial charge in [0.15, 0.2) is 0 Å². The molecule has 5 heteroatoms. The summed E-state index contributed by atoms with van der Waals surface area (Å²) < 4.78 is 4.57. The van der Waals surface area contributed by atoms with Crippen LogP contribution in [-0.2, 0) is 9.53 Å². The highest BCUT2D eigenvalue weighted by molar-refractivity contribution is 8.19. The minimum atomic E-state index is -0.444. The maximum atomic E-state index is 11.2. The standard InChI is InChI=1S/C12H15ClO3S/c1-8-10(14)9(7-16-11(8)15)6-12(13)4-3-5-17(12)2/h3,5,9,14H,2,4,6-7H2,1H3. The first-order valence-electron chi connectivity index (χ1n) is 5.39. The van der Waals surface area contributed by atoms with Crippen LogP contribution < -0.4 is 0 Å². The number of hydrogen-bond acceptors (Lipinski definition) is 3. The first-order valence-corrected chi connectivity index (χ1v) is 7.23. The first kappa shape index (κ1) is 12.7. The highest BCUT2D eigenvalue weighted by Gasteiger charge is 2.38.